The van der Waals surface area contributed by atoms with Crippen LogP contribution in [0.3, 0.4) is 0 Å². The number of carbonyl (C=O) groups is 2. The Balaban J connectivity index is 1.62. The highest BCUT2D eigenvalue weighted by Gasteiger charge is 2.14. The molecule has 0 bridgehead atoms. The summed E-state index contributed by atoms with van der Waals surface area (Å²) in [6.45, 7) is 1.80. The van der Waals surface area contributed by atoms with Crippen molar-refractivity contribution in [1.29, 1.82) is 0 Å². The van der Waals surface area contributed by atoms with Gasteiger partial charge in [0.25, 0.3) is 5.91 Å². The molecule has 32 heavy (non-hydrogen) atoms. The second kappa shape index (κ2) is 9.31. The Labute approximate surface area is 186 Å². The van der Waals surface area contributed by atoms with Crippen LogP contribution in [0.4, 0.5) is 5.69 Å². The Morgan fingerprint density at radius 2 is 1.72 bits per heavy atom. The number of amides is 2. The molecular formula is C26H23N3O3. The molecule has 2 amide bonds. The van der Waals surface area contributed by atoms with Gasteiger partial charge in [-0.15, -0.1) is 0 Å². The molecule has 0 aliphatic rings. The molecule has 0 spiro atoms. The van der Waals surface area contributed by atoms with Gasteiger partial charge in [0.15, 0.2) is 0 Å². The average Bonchev–Trinajstić information content (AvgIpc) is 2.81. The molecule has 0 saturated carbocycles. The first kappa shape index (κ1) is 21.1. The predicted octanol–water partition coefficient (Wildman–Crippen LogP) is 4.80. The van der Waals surface area contributed by atoms with E-state index in [0.29, 0.717) is 23.5 Å². The van der Waals surface area contributed by atoms with Gasteiger partial charge >= 0.3 is 0 Å². The molecule has 2 N–H and O–H groups in total. The first-order valence-corrected chi connectivity index (χ1v) is 10.2. The van der Waals surface area contributed by atoms with Gasteiger partial charge < -0.3 is 15.4 Å². The molecule has 0 atom stereocenters. The van der Waals surface area contributed by atoms with E-state index >= 15 is 0 Å². The highest BCUT2D eigenvalue weighted by Crippen LogP contribution is 2.26. The number of fused-ring (bicyclic) bond motifs is 1. The lowest BCUT2D eigenvalue weighted by Crippen LogP contribution is -2.23. The van der Waals surface area contributed by atoms with Gasteiger partial charge in [0.1, 0.15) is 5.75 Å². The first-order chi connectivity index (χ1) is 15.5. The number of methoxy groups -OCH3 is 1. The van der Waals surface area contributed by atoms with Crippen LogP contribution < -0.4 is 15.4 Å². The van der Waals surface area contributed by atoms with Crippen LogP contribution in [0, 0.1) is 0 Å². The Hall–Kier alpha value is -4.19. The van der Waals surface area contributed by atoms with Gasteiger partial charge in [-0.25, -0.2) is 4.98 Å². The molecule has 0 aliphatic heterocycles. The lowest BCUT2D eigenvalue weighted by molar-refractivity contribution is -0.114. The normalized spacial score (nSPS) is 10.6. The minimum atomic E-state index is -0.191. The number of nitrogens with one attached hydrogen (secondary N) is 2. The summed E-state index contributed by atoms with van der Waals surface area (Å²) < 4.78 is 5.23. The lowest BCUT2D eigenvalue weighted by Gasteiger charge is -2.12. The summed E-state index contributed by atoms with van der Waals surface area (Å²) in [5.41, 5.74) is 4.49. The first-order valence-electron chi connectivity index (χ1n) is 10.2. The molecule has 0 fully saturated rings. The van der Waals surface area contributed by atoms with Crippen molar-refractivity contribution in [2.75, 3.05) is 12.4 Å². The predicted molar refractivity (Wildman–Crippen MR) is 126 cm³/mol. The van der Waals surface area contributed by atoms with Crippen LogP contribution in [0.5, 0.6) is 5.75 Å². The SMILES string of the molecule is COc1ccc(-c2cc(C(=O)NCc3cccc(NC(C)=O)c3)c3ccccc3n2)cc1. The minimum absolute atomic E-state index is 0.138. The molecule has 1 aromatic heterocycles. The van der Waals surface area contributed by atoms with Gasteiger partial charge in [-0.1, -0.05) is 30.3 Å². The van der Waals surface area contributed by atoms with Crippen LogP contribution in [0.1, 0.15) is 22.8 Å². The van der Waals surface area contributed by atoms with E-state index < -0.39 is 0 Å². The molecule has 4 aromatic rings. The average molecular weight is 425 g/mol. The van der Waals surface area contributed by atoms with Gasteiger partial charge in [-0.3, -0.25) is 9.59 Å². The smallest absolute Gasteiger partial charge is 0.252 e. The van der Waals surface area contributed by atoms with Gasteiger partial charge in [-0.2, -0.15) is 0 Å². The monoisotopic (exact) mass is 425 g/mol. The van der Waals surface area contributed by atoms with Crippen LogP contribution in [-0.4, -0.2) is 23.9 Å². The topological polar surface area (TPSA) is 80.3 Å². The maximum atomic E-state index is 13.2. The Morgan fingerprint density at radius 1 is 0.938 bits per heavy atom. The maximum absolute atomic E-state index is 13.2. The lowest BCUT2D eigenvalue weighted by atomic mass is 10.0. The highest BCUT2D eigenvalue weighted by atomic mass is 16.5. The Bertz CT molecular complexity index is 1280. The van der Waals surface area contributed by atoms with Crippen molar-refractivity contribution >= 4 is 28.4 Å². The fourth-order valence-electron chi connectivity index (χ4n) is 3.51. The molecule has 3 aromatic carbocycles. The molecule has 1 heterocycles. The van der Waals surface area contributed by atoms with Gasteiger partial charge in [-0.05, 0) is 54.1 Å². The summed E-state index contributed by atoms with van der Waals surface area (Å²) in [4.78, 5) is 29.2. The van der Waals surface area contributed by atoms with Crippen LogP contribution in [0.2, 0.25) is 0 Å². The van der Waals surface area contributed by atoms with Crippen LogP contribution in [-0.2, 0) is 11.3 Å². The largest absolute Gasteiger partial charge is 0.497 e. The number of pyridine rings is 1. The van der Waals surface area contributed by atoms with Crippen molar-refractivity contribution in [3.05, 3.63) is 90.0 Å². The zero-order chi connectivity index (χ0) is 22.5. The fraction of sp³-hybridized carbons (Fsp3) is 0.115. The molecule has 0 aliphatic carbocycles. The number of benzene rings is 3. The summed E-state index contributed by atoms with van der Waals surface area (Å²) in [6.07, 6.45) is 0. The molecule has 4 rings (SSSR count). The standard InChI is InChI=1S/C26H23N3O3/c1-17(30)28-20-7-5-6-18(14-20)16-27-26(31)23-15-25(19-10-12-21(32-2)13-11-19)29-24-9-4-3-8-22(23)24/h3-15H,16H2,1-2H3,(H,27,31)(H,28,30). The number of rotatable bonds is 6. The van der Waals surface area contributed by atoms with E-state index in [4.69, 9.17) is 9.72 Å². The summed E-state index contributed by atoms with van der Waals surface area (Å²) in [6, 6.07) is 24.4. The molecule has 0 saturated heterocycles. The van der Waals surface area contributed by atoms with Crippen molar-refractivity contribution in [2.24, 2.45) is 0 Å². The zero-order valence-electron chi connectivity index (χ0n) is 17.9. The molecule has 6 nitrogen and oxygen atoms in total. The van der Waals surface area contributed by atoms with Crippen LogP contribution in [0.25, 0.3) is 22.2 Å². The van der Waals surface area contributed by atoms with Crippen molar-refractivity contribution < 1.29 is 14.3 Å². The zero-order valence-corrected chi connectivity index (χ0v) is 17.9. The van der Waals surface area contributed by atoms with E-state index in [1.54, 1.807) is 7.11 Å². The van der Waals surface area contributed by atoms with E-state index in [1.807, 2.05) is 78.9 Å². The van der Waals surface area contributed by atoms with Gasteiger partial charge in [0, 0.05) is 30.1 Å². The quantitative estimate of drug-likeness (QED) is 0.465. The fourth-order valence-corrected chi connectivity index (χ4v) is 3.51. The van der Waals surface area contributed by atoms with Crippen LogP contribution in [0.15, 0.2) is 78.9 Å². The molecule has 0 unspecified atom stereocenters. The summed E-state index contributed by atoms with van der Waals surface area (Å²) in [5, 5.41) is 6.53. The van der Waals surface area contributed by atoms with Crippen molar-refractivity contribution in [2.45, 2.75) is 13.5 Å². The molecule has 0 radical (unpaired) electrons. The number of para-hydroxylation sites is 1. The van der Waals surface area contributed by atoms with E-state index in [-0.39, 0.29) is 11.8 Å². The third-order valence-corrected chi connectivity index (χ3v) is 5.05. The van der Waals surface area contributed by atoms with Crippen LogP contribution >= 0.6 is 0 Å². The van der Waals surface area contributed by atoms with E-state index in [2.05, 4.69) is 10.6 Å². The number of ether oxygens (including phenoxy) is 1. The maximum Gasteiger partial charge on any atom is 0.252 e. The summed E-state index contributed by atoms with van der Waals surface area (Å²) in [5.74, 6) is 0.429. The Kier molecular flexibility index (Phi) is 6.12. The third kappa shape index (κ3) is 4.75. The number of anilines is 1. The minimum Gasteiger partial charge on any atom is -0.497 e. The number of nitrogens with zero attached hydrogens (tertiary/aromatic N) is 1. The second-order valence-electron chi connectivity index (χ2n) is 7.36. The summed E-state index contributed by atoms with van der Waals surface area (Å²) in [7, 11) is 1.62. The third-order valence-electron chi connectivity index (χ3n) is 5.05. The van der Waals surface area contributed by atoms with Gasteiger partial charge in [0.05, 0.1) is 23.9 Å². The number of hydrogen-bond donors (Lipinski definition) is 2. The summed E-state index contributed by atoms with van der Waals surface area (Å²) >= 11 is 0. The van der Waals surface area contributed by atoms with E-state index in [9.17, 15) is 9.59 Å². The van der Waals surface area contributed by atoms with E-state index in [0.717, 1.165) is 27.8 Å². The highest BCUT2D eigenvalue weighted by molar-refractivity contribution is 6.07. The number of aromatic nitrogens is 1. The molecule has 160 valence electrons. The van der Waals surface area contributed by atoms with E-state index in [1.165, 1.54) is 6.92 Å². The Morgan fingerprint density at radius 3 is 2.47 bits per heavy atom. The molecular weight excluding hydrogens is 402 g/mol. The second-order valence-corrected chi connectivity index (χ2v) is 7.36. The van der Waals surface area contributed by atoms with Crippen molar-refractivity contribution in [3.8, 4) is 17.0 Å². The number of carbonyl (C=O) groups excluding carboxylic acids is 2. The van der Waals surface area contributed by atoms with Crippen molar-refractivity contribution in [3.63, 3.8) is 0 Å². The van der Waals surface area contributed by atoms with Crippen molar-refractivity contribution in [1.82, 2.24) is 10.3 Å². The van der Waals surface area contributed by atoms with Gasteiger partial charge in [0.2, 0.25) is 5.91 Å². The number of hydrogen-bond acceptors (Lipinski definition) is 4. The molecule has 6 heteroatoms.